The summed E-state index contributed by atoms with van der Waals surface area (Å²) in [5, 5.41) is 14.3. The molecule has 0 bridgehead atoms. The molecule has 0 radical (unpaired) electrons. The highest BCUT2D eigenvalue weighted by Crippen LogP contribution is 2.60. The van der Waals surface area contributed by atoms with Crippen molar-refractivity contribution in [2.75, 3.05) is 49.7 Å². The van der Waals surface area contributed by atoms with Gasteiger partial charge in [-0.3, -0.25) is 14.4 Å². The zero-order valence-corrected chi connectivity index (χ0v) is 34.4. The first kappa shape index (κ1) is 38.9. The number of hydrogen-bond donors (Lipinski definition) is 2. The number of aliphatic hydroxyl groups is 1. The Labute approximate surface area is 332 Å². The van der Waals surface area contributed by atoms with Gasteiger partial charge in [-0.15, -0.1) is 0 Å². The lowest BCUT2D eigenvalue weighted by molar-refractivity contribution is -0.150. The van der Waals surface area contributed by atoms with E-state index in [4.69, 9.17) is 9.47 Å². The Morgan fingerprint density at radius 2 is 1.75 bits per heavy atom. The number of amides is 3. The second-order valence-corrected chi connectivity index (χ2v) is 20.9. The average molecular weight is 826 g/mol. The van der Waals surface area contributed by atoms with Gasteiger partial charge in [-0.05, 0) is 59.1 Å². The van der Waals surface area contributed by atoms with E-state index in [0.717, 1.165) is 44.8 Å². The number of carbonyl (C=O) groups is 3. The standard InChI is InChI=1S/C43H49BrN4O6Si/c1-29-41(55(3,4)35-17-15-34(53-2)16-18-35)38(25-39(50)46(22-23-49)27-30-8-6-5-7-9-30)54-43(29)36-24-32(44)12-19-37(36)48(42(43)52)28-31-10-13-33(14-11-31)47-21-20-45-26-40(47)51/h5-19,24,29,38,41,45,49H,20-23,25-28H2,1-4H3/t29-,38+,41-,43+/m0/s1. The smallest absolute Gasteiger partial charge is 0.264 e. The summed E-state index contributed by atoms with van der Waals surface area (Å²) >= 11 is 3.69. The van der Waals surface area contributed by atoms with E-state index < -0.39 is 19.8 Å². The maximum Gasteiger partial charge on any atom is 0.264 e. The number of piperazine rings is 1. The molecule has 3 aliphatic heterocycles. The van der Waals surface area contributed by atoms with E-state index in [9.17, 15) is 14.7 Å². The molecule has 288 valence electrons. The van der Waals surface area contributed by atoms with Gasteiger partial charge in [0.25, 0.3) is 5.91 Å². The topological polar surface area (TPSA) is 112 Å². The van der Waals surface area contributed by atoms with Gasteiger partial charge in [-0.25, -0.2) is 0 Å². The van der Waals surface area contributed by atoms with Crippen LogP contribution in [0.3, 0.4) is 0 Å². The fraction of sp³-hybridized carbons (Fsp3) is 0.372. The minimum absolute atomic E-state index is 0.0331. The summed E-state index contributed by atoms with van der Waals surface area (Å²) in [5.41, 5.74) is 2.83. The Kier molecular flexibility index (Phi) is 11.3. The summed E-state index contributed by atoms with van der Waals surface area (Å²) < 4.78 is 13.6. The molecule has 0 saturated carbocycles. The van der Waals surface area contributed by atoms with Crippen LogP contribution in [0.4, 0.5) is 11.4 Å². The van der Waals surface area contributed by atoms with Gasteiger partial charge < -0.3 is 34.6 Å². The van der Waals surface area contributed by atoms with Crippen molar-refractivity contribution in [1.29, 1.82) is 0 Å². The zero-order valence-electron chi connectivity index (χ0n) is 31.8. The summed E-state index contributed by atoms with van der Waals surface area (Å²) in [6.45, 7) is 9.08. The number of anilines is 2. The molecule has 4 aromatic carbocycles. The molecule has 4 aromatic rings. The molecule has 3 aliphatic rings. The van der Waals surface area contributed by atoms with Crippen LogP contribution in [0, 0.1) is 5.92 Å². The summed E-state index contributed by atoms with van der Waals surface area (Å²) in [7, 11) is -0.854. The number of nitrogens with zero attached hydrogens (tertiary/aromatic N) is 3. The molecule has 3 heterocycles. The van der Waals surface area contributed by atoms with E-state index in [1.165, 1.54) is 5.19 Å². The van der Waals surface area contributed by atoms with Crippen LogP contribution < -0.4 is 25.0 Å². The molecule has 0 aliphatic carbocycles. The van der Waals surface area contributed by atoms with Crippen molar-refractivity contribution in [3.8, 4) is 5.75 Å². The minimum atomic E-state index is -2.50. The molecule has 12 heteroatoms. The highest BCUT2D eigenvalue weighted by molar-refractivity contribution is 9.10. The van der Waals surface area contributed by atoms with Gasteiger partial charge >= 0.3 is 0 Å². The lowest BCUT2D eigenvalue weighted by Gasteiger charge is -2.37. The molecule has 2 N–H and O–H groups in total. The fourth-order valence-electron chi connectivity index (χ4n) is 9.00. The van der Waals surface area contributed by atoms with Crippen molar-refractivity contribution in [2.45, 2.75) is 56.8 Å². The highest BCUT2D eigenvalue weighted by Gasteiger charge is 2.66. The van der Waals surface area contributed by atoms with Crippen molar-refractivity contribution in [3.63, 3.8) is 0 Å². The molecule has 0 unspecified atom stereocenters. The quantitative estimate of drug-likeness (QED) is 0.180. The number of aliphatic hydroxyl groups excluding tert-OH is 1. The lowest BCUT2D eigenvalue weighted by Crippen LogP contribution is -2.52. The molecule has 2 saturated heterocycles. The molecule has 0 aromatic heterocycles. The number of rotatable bonds is 12. The Hall–Kier alpha value is -4.33. The van der Waals surface area contributed by atoms with E-state index in [0.29, 0.717) is 26.2 Å². The molecule has 3 amide bonds. The van der Waals surface area contributed by atoms with Crippen molar-refractivity contribution in [2.24, 2.45) is 5.92 Å². The van der Waals surface area contributed by atoms with Gasteiger partial charge in [0.15, 0.2) is 5.60 Å². The van der Waals surface area contributed by atoms with Crippen molar-refractivity contribution >= 4 is 58.3 Å². The maximum atomic E-state index is 15.3. The number of halogens is 1. The van der Waals surface area contributed by atoms with E-state index >= 15 is 4.79 Å². The van der Waals surface area contributed by atoms with Gasteiger partial charge in [0.2, 0.25) is 11.8 Å². The van der Waals surface area contributed by atoms with Gasteiger partial charge in [-0.1, -0.05) is 95.7 Å². The highest BCUT2D eigenvalue weighted by atomic mass is 79.9. The lowest BCUT2D eigenvalue weighted by atomic mass is 9.82. The first-order valence-corrected chi connectivity index (χ1v) is 22.8. The minimum Gasteiger partial charge on any atom is -0.497 e. The second-order valence-electron chi connectivity index (χ2n) is 15.3. The monoisotopic (exact) mass is 824 g/mol. The van der Waals surface area contributed by atoms with Crippen LogP contribution in [0.15, 0.2) is 102 Å². The number of ether oxygens (including phenoxy) is 2. The largest absolute Gasteiger partial charge is 0.497 e. The van der Waals surface area contributed by atoms with Crippen molar-refractivity contribution in [3.05, 3.63) is 118 Å². The summed E-state index contributed by atoms with van der Waals surface area (Å²) in [6.07, 6.45) is -0.506. The third-order valence-corrected chi connectivity index (χ3v) is 16.6. The molecule has 2 fully saturated rings. The number of hydrogen-bond acceptors (Lipinski definition) is 7. The fourth-order valence-corrected chi connectivity index (χ4v) is 13.4. The Balaban J connectivity index is 1.25. The third kappa shape index (κ3) is 7.38. The Morgan fingerprint density at radius 3 is 2.42 bits per heavy atom. The predicted octanol–water partition coefficient (Wildman–Crippen LogP) is 5.57. The van der Waals surface area contributed by atoms with E-state index in [1.807, 2.05) is 89.8 Å². The predicted molar refractivity (Wildman–Crippen MR) is 220 cm³/mol. The SMILES string of the molecule is COc1ccc([Si](C)(C)[C@@H]2[C@@H](CC(=O)N(CCO)Cc3ccccc3)O[C@]3(C(=O)N(Cc4ccc(N5CCNCC5=O)cc4)c4ccc(Br)cc43)[C@H]2C)cc1. The Bertz CT molecular complexity index is 2030. The molecule has 10 nitrogen and oxygen atoms in total. The second kappa shape index (κ2) is 16.0. The van der Waals surface area contributed by atoms with Gasteiger partial charge in [0, 0.05) is 47.8 Å². The van der Waals surface area contributed by atoms with Crippen LogP contribution >= 0.6 is 15.9 Å². The van der Waals surface area contributed by atoms with E-state index in [-0.39, 0.29) is 48.8 Å². The number of methoxy groups -OCH3 is 1. The van der Waals surface area contributed by atoms with Crippen LogP contribution in [0.2, 0.25) is 18.6 Å². The number of carbonyl (C=O) groups excluding carboxylic acids is 3. The first-order valence-electron chi connectivity index (χ1n) is 18.9. The summed E-state index contributed by atoms with van der Waals surface area (Å²) in [6, 6.07) is 31.7. The van der Waals surface area contributed by atoms with Crippen LogP contribution in [0.25, 0.3) is 0 Å². The van der Waals surface area contributed by atoms with E-state index in [2.05, 4.69) is 53.4 Å². The average Bonchev–Trinajstić information content (AvgIpc) is 3.61. The number of nitrogens with one attached hydrogen (secondary N) is 1. The first-order chi connectivity index (χ1) is 26.5. The summed E-state index contributed by atoms with van der Waals surface area (Å²) in [5.74, 6) is 0.231. The molecule has 4 atom stereocenters. The van der Waals surface area contributed by atoms with Crippen LogP contribution in [-0.4, -0.2) is 81.8 Å². The van der Waals surface area contributed by atoms with Crippen LogP contribution in [0.5, 0.6) is 5.75 Å². The van der Waals surface area contributed by atoms with Gasteiger partial charge in [-0.2, -0.15) is 0 Å². The molecular weight excluding hydrogens is 776 g/mol. The summed E-state index contributed by atoms with van der Waals surface area (Å²) in [4.78, 5) is 47.5. The third-order valence-electron chi connectivity index (χ3n) is 11.8. The van der Waals surface area contributed by atoms with Gasteiger partial charge in [0.1, 0.15) is 5.75 Å². The number of fused-ring (bicyclic) bond motifs is 2. The normalized spacial score (nSPS) is 22.3. The Morgan fingerprint density at radius 1 is 1.02 bits per heavy atom. The van der Waals surface area contributed by atoms with Crippen LogP contribution in [0.1, 0.15) is 30.0 Å². The molecule has 1 spiro atoms. The van der Waals surface area contributed by atoms with Gasteiger partial charge in [0.05, 0.1) is 53.1 Å². The zero-order chi connectivity index (χ0) is 38.9. The molecular formula is C43H49BrN4O6Si. The van der Waals surface area contributed by atoms with Crippen LogP contribution in [-0.2, 0) is 37.8 Å². The van der Waals surface area contributed by atoms with Crippen molar-refractivity contribution < 1.29 is 29.0 Å². The number of benzene rings is 4. The maximum absolute atomic E-state index is 15.3. The van der Waals surface area contributed by atoms with E-state index in [1.54, 1.807) is 16.9 Å². The molecule has 55 heavy (non-hydrogen) atoms. The van der Waals surface area contributed by atoms with Crippen molar-refractivity contribution in [1.82, 2.24) is 10.2 Å². The molecule has 7 rings (SSSR count).